The van der Waals surface area contributed by atoms with Crippen molar-refractivity contribution in [2.45, 2.75) is 23.9 Å². The predicted octanol–water partition coefficient (Wildman–Crippen LogP) is 3.32. The number of benzene rings is 3. The minimum atomic E-state index is -1.08. The number of ether oxygens (including phenoxy) is 1. The Morgan fingerprint density at radius 3 is 2.03 bits per heavy atom. The molecule has 4 rings (SSSR count). The molecule has 5 heteroatoms. The van der Waals surface area contributed by atoms with E-state index in [1.807, 2.05) is 84.9 Å². The van der Waals surface area contributed by atoms with Crippen LogP contribution in [0.3, 0.4) is 0 Å². The molecule has 1 aliphatic rings. The molecule has 0 aromatic heterocycles. The summed E-state index contributed by atoms with van der Waals surface area (Å²) in [6.07, 6.45) is 0.387. The highest BCUT2D eigenvalue weighted by atomic mass is 16.5. The summed E-state index contributed by atoms with van der Waals surface area (Å²) in [4.78, 5) is 15.8. The lowest BCUT2D eigenvalue weighted by atomic mass is 9.62. The van der Waals surface area contributed by atoms with Crippen LogP contribution in [0.2, 0.25) is 0 Å². The third-order valence-corrected chi connectivity index (χ3v) is 6.58. The third kappa shape index (κ3) is 4.14. The van der Waals surface area contributed by atoms with E-state index >= 15 is 0 Å². The van der Waals surface area contributed by atoms with E-state index in [1.54, 1.807) is 7.11 Å². The molecule has 1 saturated heterocycles. The van der Waals surface area contributed by atoms with Crippen LogP contribution in [0.15, 0.2) is 84.9 Å². The molecule has 2 atom stereocenters. The number of rotatable bonds is 8. The molecule has 0 radical (unpaired) electrons. The van der Waals surface area contributed by atoms with Crippen LogP contribution in [0.25, 0.3) is 0 Å². The van der Waals surface area contributed by atoms with Gasteiger partial charge in [-0.1, -0.05) is 72.8 Å². The Bertz CT molecular complexity index is 982. The van der Waals surface area contributed by atoms with Crippen LogP contribution in [0.4, 0.5) is 0 Å². The van der Waals surface area contributed by atoms with Crippen molar-refractivity contribution in [2.24, 2.45) is 5.73 Å². The van der Waals surface area contributed by atoms with Crippen molar-refractivity contribution in [3.63, 3.8) is 0 Å². The van der Waals surface area contributed by atoms with E-state index in [0.29, 0.717) is 13.1 Å². The second kappa shape index (κ2) is 9.55. The lowest BCUT2D eigenvalue weighted by Crippen LogP contribution is -2.50. The molecule has 0 unspecified atom stereocenters. The zero-order valence-corrected chi connectivity index (χ0v) is 18.4. The third-order valence-electron chi connectivity index (χ3n) is 6.58. The SMILES string of the molecule is COc1ccc([C@H](CN2CC[C@H](O)C2)C(C(N)=O)(c2ccccc2)c2ccccc2)cc1. The molecule has 0 bridgehead atoms. The number of carbonyl (C=O) groups excluding carboxylic acids is 1. The fraction of sp³-hybridized carbons (Fsp3) is 0.296. The van der Waals surface area contributed by atoms with Gasteiger partial charge in [-0.05, 0) is 35.2 Å². The van der Waals surface area contributed by atoms with Gasteiger partial charge in [0, 0.05) is 25.6 Å². The van der Waals surface area contributed by atoms with E-state index in [1.165, 1.54) is 0 Å². The Hall–Kier alpha value is -3.15. The molecule has 0 aliphatic carbocycles. The summed E-state index contributed by atoms with van der Waals surface area (Å²) in [7, 11) is 1.64. The van der Waals surface area contributed by atoms with Crippen molar-refractivity contribution in [1.82, 2.24) is 4.90 Å². The number of methoxy groups -OCH3 is 1. The fourth-order valence-electron chi connectivity index (χ4n) is 4.99. The Morgan fingerprint density at radius 2 is 1.59 bits per heavy atom. The van der Waals surface area contributed by atoms with Crippen LogP contribution in [0.1, 0.15) is 29.0 Å². The Kier molecular flexibility index (Phi) is 6.58. The average Bonchev–Trinajstić information content (AvgIpc) is 3.25. The van der Waals surface area contributed by atoms with Crippen molar-refractivity contribution < 1.29 is 14.6 Å². The number of hydrogen-bond donors (Lipinski definition) is 2. The molecule has 5 nitrogen and oxygen atoms in total. The normalized spacial score (nSPS) is 17.8. The topological polar surface area (TPSA) is 75.8 Å². The molecule has 0 saturated carbocycles. The van der Waals surface area contributed by atoms with Crippen LogP contribution in [0, 0.1) is 0 Å². The number of amides is 1. The molecule has 1 fully saturated rings. The van der Waals surface area contributed by atoms with Gasteiger partial charge in [0.2, 0.25) is 5.91 Å². The summed E-state index contributed by atoms with van der Waals surface area (Å²) in [5, 5.41) is 10.1. The molecule has 1 amide bonds. The lowest BCUT2D eigenvalue weighted by molar-refractivity contribution is -0.123. The molecule has 0 spiro atoms. The van der Waals surface area contributed by atoms with Crippen LogP contribution in [0.5, 0.6) is 5.75 Å². The van der Waals surface area contributed by atoms with Gasteiger partial charge >= 0.3 is 0 Å². The van der Waals surface area contributed by atoms with Gasteiger partial charge < -0.3 is 20.5 Å². The molecular weight excluding hydrogens is 400 g/mol. The first kappa shape index (κ1) is 22.1. The number of nitrogens with two attached hydrogens (primary N) is 1. The minimum Gasteiger partial charge on any atom is -0.497 e. The van der Waals surface area contributed by atoms with Gasteiger partial charge in [-0.25, -0.2) is 0 Å². The fourth-order valence-corrected chi connectivity index (χ4v) is 4.99. The summed E-state index contributed by atoms with van der Waals surface area (Å²) >= 11 is 0. The zero-order chi connectivity index (χ0) is 22.6. The summed E-state index contributed by atoms with van der Waals surface area (Å²) in [6.45, 7) is 1.97. The number of aliphatic hydroxyl groups excluding tert-OH is 1. The van der Waals surface area contributed by atoms with Gasteiger partial charge in [0.1, 0.15) is 11.2 Å². The summed E-state index contributed by atoms with van der Waals surface area (Å²) in [5.41, 5.74) is 7.94. The monoisotopic (exact) mass is 430 g/mol. The molecule has 3 aromatic carbocycles. The number of likely N-dealkylation sites (tertiary alicyclic amines) is 1. The largest absolute Gasteiger partial charge is 0.497 e. The minimum absolute atomic E-state index is 0.263. The quantitative estimate of drug-likeness (QED) is 0.575. The molecular formula is C27H30N2O3. The van der Waals surface area contributed by atoms with Crippen molar-refractivity contribution in [3.8, 4) is 5.75 Å². The Labute approximate surface area is 189 Å². The predicted molar refractivity (Wildman–Crippen MR) is 126 cm³/mol. The van der Waals surface area contributed by atoms with E-state index in [-0.39, 0.29) is 12.0 Å². The van der Waals surface area contributed by atoms with Crippen molar-refractivity contribution in [3.05, 3.63) is 102 Å². The van der Waals surface area contributed by atoms with Gasteiger partial charge in [-0.15, -0.1) is 0 Å². The van der Waals surface area contributed by atoms with Crippen molar-refractivity contribution >= 4 is 5.91 Å². The van der Waals surface area contributed by atoms with Crippen molar-refractivity contribution in [2.75, 3.05) is 26.7 Å². The smallest absolute Gasteiger partial charge is 0.233 e. The molecule has 32 heavy (non-hydrogen) atoms. The van der Waals surface area contributed by atoms with Gasteiger partial charge in [-0.3, -0.25) is 4.79 Å². The van der Waals surface area contributed by atoms with E-state index in [2.05, 4.69) is 4.90 Å². The first-order valence-electron chi connectivity index (χ1n) is 11.0. The number of primary amides is 1. The van der Waals surface area contributed by atoms with Crippen LogP contribution in [-0.4, -0.2) is 48.8 Å². The number of β-amino-alcohol motifs (C(OH)–C–C–N with tert-alkyl or cyclic N) is 1. The number of hydrogen-bond acceptors (Lipinski definition) is 4. The van der Waals surface area contributed by atoms with Crippen LogP contribution >= 0.6 is 0 Å². The maximum atomic E-state index is 13.5. The van der Waals surface area contributed by atoms with Crippen LogP contribution in [-0.2, 0) is 10.2 Å². The summed E-state index contributed by atoms with van der Waals surface area (Å²) < 4.78 is 5.36. The Balaban J connectivity index is 1.94. The highest BCUT2D eigenvalue weighted by molar-refractivity contribution is 5.92. The first-order valence-corrected chi connectivity index (χ1v) is 11.0. The number of aliphatic hydroxyl groups is 1. The van der Waals surface area contributed by atoms with Gasteiger partial charge in [0.05, 0.1) is 13.2 Å². The van der Waals surface area contributed by atoms with Crippen LogP contribution < -0.4 is 10.5 Å². The maximum Gasteiger partial charge on any atom is 0.233 e. The van der Waals surface area contributed by atoms with Gasteiger partial charge in [-0.2, -0.15) is 0 Å². The highest BCUT2D eigenvalue weighted by Crippen LogP contribution is 2.45. The molecule has 166 valence electrons. The standard InChI is InChI=1S/C27H30N2O3/c1-32-24-14-12-20(13-15-24)25(19-29-17-16-23(30)18-29)27(26(28)31,21-8-4-2-5-9-21)22-10-6-3-7-11-22/h2-15,23,25,30H,16-19H2,1H3,(H2,28,31)/t23-,25-/m0/s1. The molecule has 3 N–H and O–H groups in total. The second-order valence-corrected chi connectivity index (χ2v) is 8.43. The van der Waals surface area contributed by atoms with E-state index in [0.717, 1.165) is 35.4 Å². The zero-order valence-electron chi connectivity index (χ0n) is 18.4. The van der Waals surface area contributed by atoms with E-state index < -0.39 is 11.3 Å². The highest BCUT2D eigenvalue weighted by Gasteiger charge is 2.49. The van der Waals surface area contributed by atoms with Gasteiger partial charge in [0.25, 0.3) is 0 Å². The van der Waals surface area contributed by atoms with E-state index in [9.17, 15) is 9.90 Å². The lowest BCUT2D eigenvalue weighted by Gasteiger charge is -2.41. The second-order valence-electron chi connectivity index (χ2n) is 8.43. The first-order chi connectivity index (χ1) is 15.6. The number of nitrogens with zero attached hydrogens (tertiary/aromatic N) is 1. The maximum absolute atomic E-state index is 13.5. The number of carbonyl (C=O) groups is 1. The van der Waals surface area contributed by atoms with Crippen molar-refractivity contribution in [1.29, 1.82) is 0 Å². The van der Waals surface area contributed by atoms with E-state index in [4.69, 9.17) is 10.5 Å². The van der Waals surface area contributed by atoms with Gasteiger partial charge in [0.15, 0.2) is 0 Å². The summed E-state index contributed by atoms with van der Waals surface area (Å²) in [6, 6.07) is 27.5. The summed E-state index contributed by atoms with van der Waals surface area (Å²) in [5.74, 6) is 0.102. The molecule has 1 aliphatic heterocycles. The Morgan fingerprint density at radius 1 is 1.03 bits per heavy atom. The average molecular weight is 431 g/mol. The molecule has 3 aromatic rings. The molecule has 1 heterocycles.